The SMILES string of the molecule is Nc1ccc(F)c(NC(=O)CCOc2cccc(Br)c2)c1. The Kier molecular flexibility index (Phi) is 5.16. The molecule has 0 saturated carbocycles. The number of nitrogens with one attached hydrogen (secondary N) is 1. The Hall–Kier alpha value is -2.08. The fourth-order valence-electron chi connectivity index (χ4n) is 1.67. The summed E-state index contributed by atoms with van der Waals surface area (Å²) in [5, 5.41) is 2.47. The van der Waals surface area contributed by atoms with E-state index in [1.54, 1.807) is 12.1 Å². The van der Waals surface area contributed by atoms with Crippen LogP contribution < -0.4 is 15.8 Å². The third kappa shape index (κ3) is 4.75. The highest BCUT2D eigenvalue weighted by Gasteiger charge is 2.07. The lowest BCUT2D eigenvalue weighted by molar-refractivity contribution is -0.116. The third-order valence-electron chi connectivity index (χ3n) is 2.66. The van der Waals surface area contributed by atoms with Crippen molar-refractivity contribution < 1.29 is 13.9 Å². The monoisotopic (exact) mass is 352 g/mol. The number of nitrogens with two attached hydrogens (primary N) is 1. The third-order valence-corrected chi connectivity index (χ3v) is 3.15. The van der Waals surface area contributed by atoms with Gasteiger partial charge in [-0.2, -0.15) is 0 Å². The van der Waals surface area contributed by atoms with Gasteiger partial charge in [0, 0.05) is 10.2 Å². The van der Waals surface area contributed by atoms with Crippen LogP contribution in [0, 0.1) is 5.82 Å². The summed E-state index contributed by atoms with van der Waals surface area (Å²) in [4.78, 5) is 11.7. The van der Waals surface area contributed by atoms with Crippen LogP contribution in [-0.2, 0) is 4.79 Å². The first-order chi connectivity index (χ1) is 10.0. The van der Waals surface area contributed by atoms with E-state index in [2.05, 4.69) is 21.2 Å². The summed E-state index contributed by atoms with van der Waals surface area (Å²) >= 11 is 3.33. The standard InChI is InChI=1S/C15H14BrFN2O2/c16-10-2-1-3-12(8-10)21-7-6-15(20)19-14-9-11(18)4-5-13(14)17/h1-5,8-9H,6-7,18H2,(H,19,20). The molecular formula is C15H14BrFN2O2. The van der Waals surface area contributed by atoms with Crippen molar-refractivity contribution in [1.82, 2.24) is 0 Å². The summed E-state index contributed by atoms with van der Waals surface area (Å²) in [6, 6.07) is 11.3. The second-order valence-electron chi connectivity index (χ2n) is 4.34. The van der Waals surface area contributed by atoms with Gasteiger partial charge in [-0.25, -0.2) is 4.39 Å². The molecule has 0 atom stereocenters. The highest BCUT2D eigenvalue weighted by molar-refractivity contribution is 9.10. The lowest BCUT2D eigenvalue weighted by Crippen LogP contribution is -2.16. The molecule has 4 nitrogen and oxygen atoms in total. The van der Waals surface area contributed by atoms with Crippen molar-refractivity contribution in [2.45, 2.75) is 6.42 Å². The zero-order valence-electron chi connectivity index (χ0n) is 11.1. The molecule has 6 heteroatoms. The molecule has 110 valence electrons. The molecule has 21 heavy (non-hydrogen) atoms. The van der Waals surface area contributed by atoms with Gasteiger partial charge >= 0.3 is 0 Å². The number of amides is 1. The van der Waals surface area contributed by atoms with Crippen LogP contribution in [0.3, 0.4) is 0 Å². The second-order valence-corrected chi connectivity index (χ2v) is 5.26. The number of benzene rings is 2. The molecule has 2 aromatic rings. The number of rotatable bonds is 5. The Morgan fingerprint density at radius 2 is 2.10 bits per heavy atom. The molecule has 3 N–H and O–H groups in total. The van der Waals surface area contributed by atoms with Gasteiger partial charge in [0.25, 0.3) is 0 Å². The molecule has 0 saturated heterocycles. The van der Waals surface area contributed by atoms with E-state index in [4.69, 9.17) is 10.5 Å². The number of hydrogen-bond acceptors (Lipinski definition) is 3. The van der Waals surface area contributed by atoms with Crippen molar-refractivity contribution in [2.75, 3.05) is 17.7 Å². The van der Waals surface area contributed by atoms with E-state index >= 15 is 0 Å². The van der Waals surface area contributed by atoms with Gasteiger partial charge in [-0.05, 0) is 36.4 Å². The van der Waals surface area contributed by atoms with Gasteiger partial charge in [-0.1, -0.05) is 22.0 Å². The molecule has 1 amide bonds. The van der Waals surface area contributed by atoms with E-state index in [0.717, 1.165) is 4.47 Å². The topological polar surface area (TPSA) is 64.3 Å². The van der Waals surface area contributed by atoms with Gasteiger partial charge in [0.05, 0.1) is 18.7 Å². The zero-order chi connectivity index (χ0) is 15.2. The highest BCUT2D eigenvalue weighted by atomic mass is 79.9. The van der Waals surface area contributed by atoms with Crippen molar-refractivity contribution in [3.8, 4) is 5.75 Å². The van der Waals surface area contributed by atoms with Gasteiger partial charge in [-0.3, -0.25) is 4.79 Å². The van der Waals surface area contributed by atoms with Gasteiger partial charge in [0.1, 0.15) is 11.6 Å². The number of ether oxygens (including phenoxy) is 1. The van der Waals surface area contributed by atoms with Crippen LogP contribution in [0.5, 0.6) is 5.75 Å². The average Bonchev–Trinajstić information content (AvgIpc) is 2.43. The molecule has 0 aliphatic heterocycles. The minimum Gasteiger partial charge on any atom is -0.493 e. The molecule has 2 aromatic carbocycles. The summed E-state index contributed by atoms with van der Waals surface area (Å²) in [5.41, 5.74) is 6.00. The number of anilines is 2. The predicted octanol–water partition coefficient (Wildman–Crippen LogP) is 3.58. The molecule has 0 aliphatic rings. The fourth-order valence-corrected chi connectivity index (χ4v) is 2.05. The Labute approximate surface area is 130 Å². The summed E-state index contributed by atoms with van der Waals surface area (Å²) < 4.78 is 19.8. The fraction of sp³-hybridized carbons (Fsp3) is 0.133. The first-order valence-electron chi connectivity index (χ1n) is 6.28. The Morgan fingerprint density at radius 3 is 2.86 bits per heavy atom. The van der Waals surface area contributed by atoms with Gasteiger partial charge in [-0.15, -0.1) is 0 Å². The molecule has 0 unspecified atom stereocenters. The average molecular weight is 353 g/mol. The maximum absolute atomic E-state index is 13.5. The molecule has 0 heterocycles. The summed E-state index contributed by atoms with van der Waals surface area (Å²) in [5.74, 6) is -0.202. The summed E-state index contributed by atoms with van der Waals surface area (Å²) in [6.45, 7) is 0.201. The highest BCUT2D eigenvalue weighted by Crippen LogP contribution is 2.19. The maximum atomic E-state index is 13.5. The summed E-state index contributed by atoms with van der Waals surface area (Å²) in [7, 11) is 0. The van der Waals surface area contributed by atoms with Gasteiger partial charge < -0.3 is 15.8 Å². The molecule has 0 spiro atoms. The number of carbonyl (C=O) groups is 1. The second kappa shape index (κ2) is 7.08. The number of nitrogen functional groups attached to an aromatic ring is 1. The molecule has 0 bridgehead atoms. The van der Waals surface area contributed by atoms with Gasteiger partial charge in [0.2, 0.25) is 5.91 Å². The van der Waals surface area contributed by atoms with E-state index < -0.39 is 5.82 Å². The minimum atomic E-state index is -0.523. The van der Waals surface area contributed by atoms with Crippen molar-refractivity contribution >= 4 is 33.2 Å². The van der Waals surface area contributed by atoms with Crippen molar-refractivity contribution in [1.29, 1.82) is 0 Å². The predicted molar refractivity (Wildman–Crippen MR) is 83.7 cm³/mol. The number of hydrogen-bond donors (Lipinski definition) is 2. The van der Waals surface area contributed by atoms with Crippen LogP contribution in [-0.4, -0.2) is 12.5 Å². The Morgan fingerprint density at radius 1 is 1.29 bits per heavy atom. The van der Waals surface area contributed by atoms with Gasteiger partial charge in [0.15, 0.2) is 0 Å². The van der Waals surface area contributed by atoms with Crippen LogP contribution in [0.1, 0.15) is 6.42 Å². The molecule has 2 rings (SSSR count). The zero-order valence-corrected chi connectivity index (χ0v) is 12.7. The first kappa shape index (κ1) is 15.3. The van der Waals surface area contributed by atoms with E-state index in [1.165, 1.54) is 18.2 Å². The molecule has 0 aromatic heterocycles. The first-order valence-corrected chi connectivity index (χ1v) is 7.07. The van der Waals surface area contributed by atoms with Crippen LogP contribution in [0.25, 0.3) is 0 Å². The lowest BCUT2D eigenvalue weighted by Gasteiger charge is -2.08. The lowest BCUT2D eigenvalue weighted by atomic mass is 10.2. The Balaban J connectivity index is 1.84. The van der Waals surface area contributed by atoms with E-state index in [-0.39, 0.29) is 24.6 Å². The molecule has 0 fully saturated rings. The maximum Gasteiger partial charge on any atom is 0.227 e. The quantitative estimate of drug-likeness (QED) is 0.808. The van der Waals surface area contributed by atoms with Crippen molar-refractivity contribution in [3.63, 3.8) is 0 Å². The number of halogens is 2. The molecule has 0 radical (unpaired) electrons. The van der Waals surface area contributed by atoms with Crippen molar-refractivity contribution in [2.24, 2.45) is 0 Å². The van der Waals surface area contributed by atoms with Crippen LogP contribution in [0.15, 0.2) is 46.9 Å². The summed E-state index contributed by atoms with van der Waals surface area (Å²) in [6.07, 6.45) is 0.112. The largest absolute Gasteiger partial charge is 0.493 e. The smallest absolute Gasteiger partial charge is 0.227 e. The van der Waals surface area contributed by atoms with E-state index in [1.807, 2.05) is 12.1 Å². The van der Waals surface area contributed by atoms with Crippen LogP contribution >= 0.6 is 15.9 Å². The van der Waals surface area contributed by atoms with E-state index in [9.17, 15) is 9.18 Å². The molecule has 0 aliphatic carbocycles. The Bertz CT molecular complexity index is 649. The van der Waals surface area contributed by atoms with E-state index in [0.29, 0.717) is 11.4 Å². The van der Waals surface area contributed by atoms with Crippen LogP contribution in [0.2, 0.25) is 0 Å². The van der Waals surface area contributed by atoms with Crippen molar-refractivity contribution in [3.05, 3.63) is 52.8 Å². The molecular weight excluding hydrogens is 339 g/mol. The normalized spacial score (nSPS) is 10.2. The van der Waals surface area contributed by atoms with Crippen LogP contribution in [0.4, 0.5) is 15.8 Å². The number of carbonyl (C=O) groups excluding carboxylic acids is 1. The minimum absolute atomic E-state index is 0.0717.